The Labute approximate surface area is 123 Å². The number of hydrogen-bond donors (Lipinski definition) is 1. The van der Waals surface area contributed by atoms with Gasteiger partial charge in [0.05, 0.1) is 7.11 Å². The molecule has 2 aromatic carbocycles. The number of benzene rings is 2. The highest BCUT2D eigenvalue weighted by molar-refractivity contribution is 5.88. The smallest absolute Gasteiger partial charge is 0.227 e. The fraction of sp³-hybridized carbons (Fsp3) is 0.118. The molecule has 0 atom stereocenters. The third-order valence-corrected chi connectivity index (χ3v) is 3.36. The summed E-state index contributed by atoms with van der Waals surface area (Å²) in [4.78, 5) is 4.33. The highest BCUT2D eigenvalue weighted by Crippen LogP contribution is 2.32. The number of pyridine rings is 1. The summed E-state index contributed by atoms with van der Waals surface area (Å²) in [5.41, 5.74) is 7.49. The number of aryl methyl sites for hydroxylation is 1. The Bertz CT molecular complexity index is 800. The zero-order valence-corrected chi connectivity index (χ0v) is 12.0. The van der Waals surface area contributed by atoms with Crippen LogP contribution in [0.5, 0.6) is 17.4 Å². The van der Waals surface area contributed by atoms with Crippen molar-refractivity contribution in [1.82, 2.24) is 4.98 Å². The van der Waals surface area contributed by atoms with E-state index in [-0.39, 0.29) is 0 Å². The van der Waals surface area contributed by atoms with E-state index in [1.165, 1.54) is 0 Å². The average Bonchev–Trinajstić information content (AvgIpc) is 2.51. The summed E-state index contributed by atoms with van der Waals surface area (Å²) in [6, 6.07) is 13.3. The highest BCUT2D eigenvalue weighted by Gasteiger charge is 2.08. The van der Waals surface area contributed by atoms with Gasteiger partial charge in [0.25, 0.3) is 0 Å². The summed E-state index contributed by atoms with van der Waals surface area (Å²) in [7, 11) is 1.64. The lowest BCUT2D eigenvalue weighted by Gasteiger charge is -2.11. The quantitative estimate of drug-likeness (QED) is 0.739. The third-order valence-electron chi connectivity index (χ3n) is 3.36. The van der Waals surface area contributed by atoms with Crippen LogP contribution in [0.1, 0.15) is 5.56 Å². The normalized spacial score (nSPS) is 10.6. The molecule has 0 saturated carbocycles. The van der Waals surface area contributed by atoms with E-state index in [4.69, 9.17) is 15.2 Å². The maximum atomic E-state index is 5.96. The molecule has 3 rings (SSSR count). The predicted molar refractivity (Wildman–Crippen MR) is 84.0 cm³/mol. The Morgan fingerprint density at radius 3 is 2.71 bits per heavy atom. The number of fused-ring (bicyclic) bond motifs is 1. The number of methoxy groups -OCH3 is 1. The molecule has 2 N–H and O–H groups in total. The topological polar surface area (TPSA) is 57.4 Å². The monoisotopic (exact) mass is 280 g/mol. The zero-order valence-electron chi connectivity index (χ0n) is 12.0. The van der Waals surface area contributed by atoms with E-state index in [1.807, 2.05) is 43.3 Å². The minimum absolute atomic E-state index is 0.542. The van der Waals surface area contributed by atoms with Crippen molar-refractivity contribution in [1.29, 1.82) is 0 Å². The van der Waals surface area contributed by atoms with Gasteiger partial charge in [-0.2, -0.15) is 0 Å². The lowest BCUT2D eigenvalue weighted by Crippen LogP contribution is -1.94. The van der Waals surface area contributed by atoms with E-state index < -0.39 is 0 Å². The van der Waals surface area contributed by atoms with E-state index >= 15 is 0 Å². The molecule has 106 valence electrons. The second-order valence-corrected chi connectivity index (χ2v) is 4.83. The van der Waals surface area contributed by atoms with Gasteiger partial charge in [0.1, 0.15) is 11.5 Å². The maximum Gasteiger partial charge on any atom is 0.227 e. The third kappa shape index (κ3) is 2.60. The predicted octanol–water partition coefficient (Wildman–Crippen LogP) is 3.93. The molecule has 0 aliphatic carbocycles. The van der Waals surface area contributed by atoms with Crippen molar-refractivity contribution >= 4 is 16.5 Å². The van der Waals surface area contributed by atoms with Gasteiger partial charge in [-0.05, 0) is 42.1 Å². The first-order chi connectivity index (χ1) is 10.2. The average molecular weight is 280 g/mol. The number of aromatic nitrogens is 1. The van der Waals surface area contributed by atoms with Crippen LogP contribution in [0.4, 0.5) is 5.69 Å². The summed E-state index contributed by atoms with van der Waals surface area (Å²) in [5.74, 6) is 2.02. The minimum atomic E-state index is 0.542. The lowest BCUT2D eigenvalue weighted by atomic mass is 10.1. The van der Waals surface area contributed by atoms with Crippen LogP contribution in [0.15, 0.2) is 48.7 Å². The fourth-order valence-electron chi connectivity index (χ4n) is 2.16. The Hall–Kier alpha value is -2.75. The van der Waals surface area contributed by atoms with Gasteiger partial charge in [-0.3, -0.25) is 0 Å². The molecule has 0 bridgehead atoms. The number of nitrogens with zero attached hydrogens (tertiary/aromatic N) is 1. The molecule has 21 heavy (non-hydrogen) atoms. The number of nitrogen functional groups attached to an aromatic ring is 1. The second kappa shape index (κ2) is 5.32. The first-order valence-electron chi connectivity index (χ1n) is 6.64. The molecular formula is C17H16N2O2. The molecule has 0 spiro atoms. The van der Waals surface area contributed by atoms with Crippen LogP contribution in [0.25, 0.3) is 10.8 Å². The van der Waals surface area contributed by atoms with E-state index in [0.29, 0.717) is 17.3 Å². The maximum absolute atomic E-state index is 5.96. The molecule has 0 saturated heterocycles. The zero-order chi connectivity index (χ0) is 14.8. The van der Waals surface area contributed by atoms with Crippen molar-refractivity contribution in [3.63, 3.8) is 0 Å². The van der Waals surface area contributed by atoms with Crippen LogP contribution in [-0.4, -0.2) is 12.1 Å². The Balaban J connectivity index is 2.09. The number of rotatable bonds is 3. The number of hydrogen-bond acceptors (Lipinski definition) is 4. The van der Waals surface area contributed by atoms with Crippen molar-refractivity contribution in [2.75, 3.05) is 12.8 Å². The van der Waals surface area contributed by atoms with Gasteiger partial charge in [-0.1, -0.05) is 12.1 Å². The van der Waals surface area contributed by atoms with Gasteiger partial charge in [-0.25, -0.2) is 4.98 Å². The highest BCUT2D eigenvalue weighted by atomic mass is 16.5. The summed E-state index contributed by atoms with van der Waals surface area (Å²) in [6.07, 6.45) is 1.73. The van der Waals surface area contributed by atoms with Crippen LogP contribution in [0.3, 0.4) is 0 Å². The number of ether oxygens (including phenoxy) is 2. The SMILES string of the molecule is COc1ccc2ccnc(Oc3cc(N)ccc3C)c2c1. The molecule has 0 unspecified atom stereocenters. The summed E-state index contributed by atoms with van der Waals surface area (Å²) in [6.45, 7) is 1.97. The van der Waals surface area contributed by atoms with E-state index in [0.717, 1.165) is 22.1 Å². The van der Waals surface area contributed by atoms with Crippen molar-refractivity contribution in [2.45, 2.75) is 6.92 Å². The van der Waals surface area contributed by atoms with Gasteiger partial charge < -0.3 is 15.2 Å². The molecule has 0 fully saturated rings. The summed E-state index contributed by atoms with van der Waals surface area (Å²) < 4.78 is 11.2. The largest absolute Gasteiger partial charge is 0.497 e. The molecular weight excluding hydrogens is 264 g/mol. The Morgan fingerprint density at radius 2 is 1.90 bits per heavy atom. The molecule has 1 aromatic heterocycles. The Morgan fingerprint density at radius 1 is 1.05 bits per heavy atom. The van der Waals surface area contributed by atoms with E-state index in [1.54, 1.807) is 19.4 Å². The molecule has 3 aromatic rings. The first kappa shape index (κ1) is 13.2. The van der Waals surface area contributed by atoms with Crippen molar-refractivity contribution in [3.05, 3.63) is 54.2 Å². The van der Waals surface area contributed by atoms with Crippen LogP contribution in [-0.2, 0) is 0 Å². The summed E-state index contributed by atoms with van der Waals surface area (Å²) >= 11 is 0. The summed E-state index contributed by atoms with van der Waals surface area (Å²) in [5, 5.41) is 1.95. The van der Waals surface area contributed by atoms with Crippen LogP contribution in [0.2, 0.25) is 0 Å². The van der Waals surface area contributed by atoms with Gasteiger partial charge in [0, 0.05) is 23.3 Å². The van der Waals surface area contributed by atoms with Gasteiger partial charge in [0.15, 0.2) is 0 Å². The van der Waals surface area contributed by atoms with Gasteiger partial charge >= 0.3 is 0 Å². The molecule has 4 heteroatoms. The first-order valence-corrected chi connectivity index (χ1v) is 6.64. The fourth-order valence-corrected chi connectivity index (χ4v) is 2.16. The molecule has 0 aliphatic heterocycles. The van der Waals surface area contributed by atoms with Crippen molar-refractivity contribution in [2.24, 2.45) is 0 Å². The van der Waals surface area contributed by atoms with Gasteiger partial charge in [0.2, 0.25) is 5.88 Å². The second-order valence-electron chi connectivity index (χ2n) is 4.83. The van der Waals surface area contributed by atoms with Crippen molar-refractivity contribution in [3.8, 4) is 17.4 Å². The van der Waals surface area contributed by atoms with E-state index in [2.05, 4.69) is 4.98 Å². The minimum Gasteiger partial charge on any atom is -0.497 e. The standard InChI is InChI=1S/C17H16N2O2/c1-11-3-5-13(18)9-16(11)21-17-15-10-14(20-2)6-4-12(15)7-8-19-17/h3-10H,18H2,1-2H3. The molecule has 4 nitrogen and oxygen atoms in total. The Kier molecular flexibility index (Phi) is 3.36. The van der Waals surface area contributed by atoms with Crippen molar-refractivity contribution < 1.29 is 9.47 Å². The van der Waals surface area contributed by atoms with Crippen LogP contribution >= 0.6 is 0 Å². The molecule has 0 radical (unpaired) electrons. The number of anilines is 1. The van der Waals surface area contributed by atoms with E-state index in [9.17, 15) is 0 Å². The molecule has 0 aliphatic rings. The molecule has 0 amide bonds. The lowest BCUT2D eigenvalue weighted by molar-refractivity contribution is 0.415. The van der Waals surface area contributed by atoms with Crippen LogP contribution in [0, 0.1) is 6.92 Å². The van der Waals surface area contributed by atoms with Gasteiger partial charge in [-0.15, -0.1) is 0 Å². The molecule has 1 heterocycles. The number of nitrogens with two attached hydrogens (primary N) is 1. The van der Waals surface area contributed by atoms with Crippen LogP contribution < -0.4 is 15.2 Å².